The second kappa shape index (κ2) is 9.87. The summed E-state index contributed by atoms with van der Waals surface area (Å²) in [5.41, 5.74) is 3.49. The Bertz CT molecular complexity index is 1050. The highest BCUT2D eigenvalue weighted by Gasteiger charge is 2.38. The molecule has 5 heteroatoms. The summed E-state index contributed by atoms with van der Waals surface area (Å²) in [6.07, 6.45) is 7.39. The number of benzene rings is 1. The number of pyridine rings is 1. The molecule has 2 fully saturated rings. The van der Waals surface area contributed by atoms with Gasteiger partial charge in [-0.15, -0.1) is 0 Å². The highest BCUT2D eigenvalue weighted by Crippen LogP contribution is 2.44. The van der Waals surface area contributed by atoms with E-state index in [4.69, 9.17) is 9.47 Å². The molecule has 0 radical (unpaired) electrons. The first-order valence-electron chi connectivity index (χ1n) is 11.9. The summed E-state index contributed by atoms with van der Waals surface area (Å²) in [6.45, 7) is 3.95. The van der Waals surface area contributed by atoms with Crippen molar-refractivity contribution in [2.24, 2.45) is 5.92 Å². The maximum Gasteiger partial charge on any atom is 0.306 e. The van der Waals surface area contributed by atoms with Crippen LogP contribution in [-0.4, -0.2) is 29.3 Å². The van der Waals surface area contributed by atoms with Crippen LogP contribution >= 0.6 is 0 Å². The molecule has 0 bridgehead atoms. The molecule has 0 amide bonds. The summed E-state index contributed by atoms with van der Waals surface area (Å²) in [7, 11) is 1.66. The van der Waals surface area contributed by atoms with Crippen LogP contribution < -0.4 is 9.47 Å². The van der Waals surface area contributed by atoms with Gasteiger partial charge in [0.2, 0.25) is 0 Å². The lowest BCUT2D eigenvalue weighted by Gasteiger charge is -2.36. The lowest BCUT2D eigenvalue weighted by Crippen LogP contribution is -2.33. The zero-order chi connectivity index (χ0) is 23.4. The van der Waals surface area contributed by atoms with Gasteiger partial charge in [0.15, 0.2) is 11.5 Å². The fourth-order valence-electron chi connectivity index (χ4n) is 5.19. The number of ether oxygens (including phenoxy) is 2. The number of nitrogens with zero attached hydrogens (tertiary/aromatic N) is 1. The molecule has 0 saturated heterocycles. The van der Waals surface area contributed by atoms with Gasteiger partial charge in [0.25, 0.3) is 0 Å². The Morgan fingerprint density at radius 2 is 1.70 bits per heavy atom. The number of methoxy groups -OCH3 is 1. The largest absolute Gasteiger partial charge is 0.493 e. The molecular weight excluding hydrogens is 414 g/mol. The number of carboxylic acids is 1. The zero-order valence-electron chi connectivity index (χ0n) is 19.8. The average Bonchev–Trinajstić information content (AvgIpc) is 3.30. The van der Waals surface area contributed by atoms with Crippen LogP contribution in [0.2, 0.25) is 0 Å². The normalized spacial score (nSPS) is 22.9. The van der Waals surface area contributed by atoms with E-state index >= 15 is 0 Å². The van der Waals surface area contributed by atoms with Crippen molar-refractivity contribution in [3.8, 4) is 23.3 Å². The van der Waals surface area contributed by atoms with Crippen LogP contribution in [0.3, 0.4) is 0 Å². The summed E-state index contributed by atoms with van der Waals surface area (Å²) >= 11 is 0. The number of rotatable bonds is 5. The summed E-state index contributed by atoms with van der Waals surface area (Å²) in [5.74, 6) is 7.44. The summed E-state index contributed by atoms with van der Waals surface area (Å²) in [5, 5.41) is 9.54. The van der Waals surface area contributed by atoms with Gasteiger partial charge in [-0.2, -0.15) is 0 Å². The third-order valence-corrected chi connectivity index (χ3v) is 7.03. The van der Waals surface area contributed by atoms with Crippen LogP contribution in [0.15, 0.2) is 30.3 Å². The van der Waals surface area contributed by atoms with E-state index in [0.29, 0.717) is 25.7 Å². The molecule has 1 N–H and O–H groups in total. The fraction of sp³-hybridized carbons (Fsp3) is 0.500. The monoisotopic (exact) mass is 447 g/mol. The van der Waals surface area contributed by atoms with Crippen LogP contribution in [0.5, 0.6) is 11.5 Å². The van der Waals surface area contributed by atoms with Crippen LogP contribution in [0.1, 0.15) is 73.9 Å². The average molecular weight is 448 g/mol. The van der Waals surface area contributed by atoms with E-state index in [0.717, 1.165) is 46.9 Å². The van der Waals surface area contributed by atoms with Gasteiger partial charge >= 0.3 is 5.97 Å². The summed E-state index contributed by atoms with van der Waals surface area (Å²) in [6, 6.07) is 10.1. The van der Waals surface area contributed by atoms with Crippen molar-refractivity contribution < 1.29 is 19.4 Å². The quantitative estimate of drug-likeness (QED) is 0.605. The number of carboxylic acid groups (broad SMARTS) is 1. The highest BCUT2D eigenvalue weighted by molar-refractivity contribution is 5.70. The summed E-state index contributed by atoms with van der Waals surface area (Å²) < 4.78 is 11.9. The van der Waals surface area contributed by atoms with Crippen molar-refractivity contribution in [3.05, 3.63) is 52.8 Å². The lowest BCUT2D eigenvalue weighted by atomic mass is 9.67. The zero-order valence-corrected chi connectivity index (χ0v) is 19.8. The Morgan fingerprint density at radius 3 is 2.30 bits per heavy atom. The van der Waals surface area contributed by atoms with Crippen LogP contribution in [-0.2, 0) is 10.2 Å². The predicted octanol–water partition coefficient (Wildman–Crippen LogP) is 5.59. The van der Waals surface area contributed by atoms with Crippen LogP contribution in [0.25, 0.3) is 0 Å². The van der Waals surface area contributed by atoms with E-state index in [-0.39, 0.29) is 12.0 Å². The predicted molar refractivity (Wildman–Crippen MR) is 128 cm³/mol. The van der Waals surface area contributed by atoms with Gasteiger partial charge in [-0.3, -0.25) is 9.78 Å². The number of hydrogen-bond acceptors (Lipinski definition) is 4. The van der Waals surface area contributed by atoms with Gasteiger partial charge in [-0.05, 0) is 95.0 Å². The Labute approximate surface area is 196 Å². The van der Waals surface area contributed by atoms with Crippen molar-refractivity contribution in [1.82, 2.24) is 4.98 Å². The van der Waals surface area contributed by atoms with Crippen molar-refractivity contribution in [1.29, 1.82) is 0 Å². The molecule has 2 saturated carbocycles. The Balaban J connectivity index is 1.72. The van der Waals surface area contributed by atoms with E-state index in [2.05, 4.69) is 29.0 Å². The molecule has 0 spiro atoms. The minimum Gasteiger partial charge on any atom is -0.493 e. The molecule has 5 nitrogen and oxygen atoms in total. The highest BCUT2D eigenvalue weighted by atomic mass is 16.5. The molecule has 0 unspecified atom stereocenters. The van der Waals surface area contributed by atoms with Crippen molar-refractivity contribution in [3.63, 3.8) is 0 Å². The smallest absolute Gasteiger partial charge is 0.306 e. The fourth-order valence-corrected chi connectivity index (χ4v) is 5.19. The molecular formula is C28H33NO4. The second-order valence-corrected chi connectivity index (χ2v) is 9.47. The third kappa shape index (κ3) is 5.33. The molecule has 2 aliphatic rings. The molecule has 2 aliphatic carbocycles. The van der Waals surface area contributed by atoms with E-state index in [1.54, 1.807) is 7.11 Å². The van der Waals surface area contributed by atoms with E-state index in [9.17, 15) is 9.90 Å². The van der Waals surface area contributed by atoms with Crippen LogP contribution in [0.4, 0.5) is 0 Å². The number of aryl methyl sites for hydroxylation is 2. The molecule has 4 rings (SSSR count). The SMILES string of the molecule is COc1ccc(C2(C#Cc3cc(C)nc(C)c3)CCC(C(=O)O)CC2)cc1OC1CCCC1. The molecule has 174 valence electrons. The molecule has 1 aromatic carbocycles. The number of aromatic nitrogens is 1. The first-order chi connectivity index (χ1) is 15.9. The Morgan fingerprint density at radius 1 is 1.03 bits per heavy atom. The maximum atomic E-state index is 11.6. The molecule has 0 atom stereocenters. The topological polar surface area (TPSA) is 68.7 Å². The Hall–Kier alpha value is -3.00. The first kappa shape index (κ1) is 23.2. The number of aliphatic carboxylic acids is 1. The van der Waals surface area contributed by atoms with Crippen molar-refractivity contribution >= 4 is 5.97 Å². The summed E-state index contributed by atoms with van der Waals surface area (Å²) in [4.78, 5) is 16.1. The van der Waals surface area contributed by atoms with E-state index in [1.807, 2.05) is 32.0 Å². The lowest BCUT2D eigenvalue weighted by molar-refractivity contribution is -0.143. The van der Waals surface area contributed by atoms with Gasteiger partial charge in [0, 0.05) is 17.0 Å². The number of carbonyl (C=O) groups is 1. The van der Waals surface area contributed by atoms with Gasteiger partial charge in [-0.1, -0.05) is 17.9 Å². The van der Waals surface area contributed by atoms with Crippen LogP contribution in [0, 0.1) is 31.6 Å². The van der Waals surface area contributed by atoms with Gasteiger partial charge < -0.3 is 14.6 Å². The van der Waals surface area contributed by atoms with Gasteiger partial charge in [0.05, 0.1) is 24.5 Å². The van der Waals surface area contributed by atoms with Gasteiger partial charge in [-0.25, -0.2) is 0 Å². The minimum absolute atomic E-state index is 0.224. The minimum atomic E-state index is -0.711. The molecule has 0 aliphatic heterocycles. The Kier molecular flexibility index (Phi) is 6.93. The van der Waals surface area contributed by atoms with Crippen molar-refractivity contribution in [2.45, 2.75) is 76.7 Å². The third-order valence-electron chi connectivity index (χ3n) is 7.03. The molecule has 2 aromatic rings. The van der Waals surface area contributed by atoms with E-state index in [1.165, 1.54) is 12.8 Å². The van der Waals surface area contributed by atoms with Gasteiger partial charge in [0.1, 0.15) is 0 Å². The first-order valence-corrected chi connectivity index (χ1v) is 11.9. The van der Waals surface area contributed by atoms with Crippen molar-refractivity contribution in [2.75, 3.05) is 7.11 Å². The maximum absolute atomic E-state index is 11.6. The molecule has 1 heterocycles. The second-order valence-electron chi connectivity index (χ2n) is 9.47. The number of hydrogen-bond donors (Lipinski definition) is 1. The molecule has 1 aromatic heterocycles. The van der Waals surface area contributed by atoms with E-state index < -0.39 is 11.4 Å². The standard InChI is InChI=1S/C28H33NO4/c1-19-16-21(17-20(2)29-19)10-13-28(14-11-22(12-15-28)27(30)31)23-8-9-25(32-3)26(18-23)33-24-6-4-5-7-24/h8-9,16-18,22,24H,4-7,11-12,14-15H2,1-3H3,(H,30,31). The molecule has 33 heavy (non-hydrogen) atoms.